The first-order valence-electron chi connectivity index (χ1n) is 32.0. The van der Waals surface area contributed by atoms with Crippen LogP contribution in [0.4, 0.5) is 0 Å². The molecule has 1 aliphatic heterocycles. The van der Waals surface area contributed by atoms with Crippen molar-refractivity contribution in [1.29, 1.82) is 0 Å². The molecule has 0 bridgehead atoms. The summed E-state index contributed by atoms with van der Waals surface area (Å²) in [6.07, 6.45) is 48.2. The van der Waals surface area contributed by atoms with Gasteiger partial charge in [0.25, 0.3) is 0 Å². The highest BCUT2D eigenvalue weighted by Crippen LogP contribution is 2.26. The molecule has 1 rings (SSSR count). The predicted octanol–water partition coefficient (Wildman–Crippen LogP) is 15.1. The fraction of sp³-hybridized carbons (Fsp3) is 0.937. The van der Waals surface area contributed by atoms with Gasteiger partial charge in [0, 0.05) is 6.42 Å². The van der Waals surface area contributed by atoms with Gasteiger partial charge in [-0.15, -0.1) is 0 Å². The summed E-state index contributed by atoms with van der Waals surface area (Å²) in [5, 5.41) is 57.0. The van der Waals surface area contributed by atoms with Crippen LogP contribution in [-0.4, -0.2) is 99.6 Å². The highest BCUT2D eigenvalue weighted by molar-refractivity contribution is 5.80. The second-order valence-corrected chi connectivity index (χ2v) is 22.5. The summed E-state index contributed by atoms with van der Waals surface area (Å²) in [7, 11) is 0. The lowest BCUT2D eigenvalue weighted by atomic mass is 9.99. The number of rotatable bonds is 55. The molecule has 438 valence electrons. The summed E-state index contributed by atoms with van der Waals surface area (Å²) < 4.78 is 17.6. The lowest BCUT2D eigenvalue weighted by molar-refractivity contribution is -0.305. The van der Waals surface area contributed by atoms with E-state index in [0.717, 1.165) is 57.8 Å². The molecule has 1 amide bonds. The van der Waals surface area contributed by atoms with E-state index in [-0.39, 0.29) is 13.0 Å². The van der Waals surface area contributed by atoms with Crippen LogP contribution in [0.25, 0.3) is 0 Å². The maximum atomic E-state index is 13.4. The maximum absolute atomic E-state index is 13.4. The zero-order chi connectivity index (χ0) is 54.0. The molecule has 11 heteroatoms. The number of aliphatic hydroxyl groups is 5. The number of carbonyl (C=O) groups is 2. The average molecular weight is 1050 g/mol. The van der Waals surface area contributed by atoms with E-state index >= 15 is 0 Å². The van der Waals surface area contributed by atoms with Gasteiger partial charge in [-0.2, -0.15) is 0 Å². The number of aliphatic hydroxyl groups excluding tert-OH is 5. The van der Waals surface area contributed by atoms with Gasteiger partial charge in [-0.05, 0) is 25.7 Å². The molecule has 0 radical (unpaired) electrons. The molecule has 1 fully saturated rings. The number of amides is 1. The van der Waals surface area contributed by atoms with Gasteiger partial charge >= 0.3 is 5.97 Å². The zero-order valence-corrected chi connectivity index (χ0v) is 48.5. The van der Waals surface area contributed by atoms with Crippen molar-refractivity contribution in [3.8, 4) is 0 Å². The number of carbonyl (C=O) groups excluding carboxylic acids is 2. The number of esters is 1. The molecule has 0 aromatic heterocycles. The summed E-state index contributed by atoms with van der Waals surface area (Å²) in [5.74, 6) is -1.18. The Morgan fingerprint density at radius 3 is 1.27 bits per heavy atom. The van der Waals surface area contributed by atoms with E-state index in [0.29, 0.717) is 19.3 Å². The summed E-state index contributed by atoms with van der Waals surface area (Å²) in [6.45, 7) is 5.83. The summed E-state index contributed by atoms with van der Waals surface area (Å²) in [6, 6.07) is -1.02. The van der Waals surface area contributed by atoms with E-state index < -0.39 is 67.4 Å². The van der Waals surface area contributed by atoms with Gasteiger partial charge in [-0.25, -0.2) is 0 Å². The van der Waals surface area contributed by atoms with Crippen molar-refractivity contribution in [2.24, 2.45) is 0 Å². The van der Waals surface area contributed by atoms with Crippen LogP contribution in [0.5, 0.6) is 0 Å². The molecule has 1 saturated heterocycles. The molecule has 8 atom stereocenters. The summed E-state index contributed by atoms with van der Waals surface area (Å²) in [4.78, 5) is 26.5. The Bertz CT molecular complexity index is 1250. The Morgan fingerprint density at radius 2 is 0.878 bits per heavy atom. The van der Waals surface area contributed by atoms with Gasteiger partial charge in [0.15, 0.2) is 12.4 Å². The average Bonchev–Trinajstić information content (AvgIpc) is 3.40. The quantitative estimate of drug-likeness (QED) is 0.0195. The molecule has 0 aromatic rings. The van der Waals surface area contributed by atoms with Crippen LogP contribution in [0, 0.1) is 0 Å². The first-order chi connectivity index (χ1) is 36.2. The monoisotopic (exact) mass is 1050 g/mol. The van der Waals surface area contributed by atoms with Gasteiger partial charge in [-0.3, -0.25) is 9.59 Å². The highest BCUT2D eigenvalue weighted by Gasteiger charge is 2.47. The van der Waals surface area contributed by atoms with Crippen molar-refractivity contribution in [2.75, 3.05) is 13.2 Å². The van der Waals surface area contributed by atoms with Gasteiger partial charge in [0.1, 0.15) is 24.4 Å². The van der Waals surface area contributed by atoms with Crippen LogP contribution in [0.2, 0.25) is 0 Å². The van der Waals surface area contributed by atoms with Crippen molar-refractivity contribution in [3.05, 3.63) is 12.2 Å². The van der Waals surface area contributed by atoms with Crippen molar-refractivity contribution in [3.63, 3.8) is 0 Å². The second kappa shape index (κ2) is 52.1. The number of hydrogen-bond acceptors (Lipinski definition) is 10. The van der Waals surface area contributed by atoms with E-state index in [2.05, 4.69) is 26.1 Å². The first-order valence-corrected chi connectivity index (χ1v) is 32.0. The van der Waals surface area contributed by atoms with Crippen LogP contribution in [-0.2, 0) is 23.8 Å². The minimum absolute atomic E-state index is 0.131. The third-order valence-corrected chi connectivity index (χ3v) is 15.4. The molecule has 0 aromatic carbocycles. The maximum Gasteiger partial charge on any atom is 0.306 e. The Hall–Kier alpha value is -1.60. The van der Waals surface area contributed by atoms with Gasteiger partial charge in [0.2, 0.25) is 5.91 Å². The fourth-order valence-electron chi connectivity index (χ4n) is 10.4. The normalized spacial score (nSPS) is 19.3. The Labute approximate surface area is 455 Å². The third-order valence-electron chi connectivity index (χ3n) is 15.4. The van der Waals surface area contributed by atoms with Crippen molar-refractivity contribution >= 4 is 11.9 Å². The number of allylic oxidation sites excluding steroid dienone is 1. The molecule has 1 aliphatic rings. The second-order valence-electron chi connectivity index (χ2n) is 22.5. The number of nitrogens with one attached hydrogen (secondary N) is 1. The van der Waals surface area contributed by atoms with Crippen molar-refractivity contribution in [1.82, 2.24) is 5.32 Å². The molecule has 0 saturated carbocycles. The molecule has 8 unspecified atom stereocenters. The minimum atomic E-state index is -1.61. The SMILES string of the molecule is CCCCCCCCCCCC/C=C/C(O)C(COC1OC(CO)C(O)C(O)C1OC(=O)CCCCCCCCCCCCCCCCC)NC(=O)C(O)CCCCCCCCCCCCCCCCCCCC. The summed E-state index contributed by atoms with van der Waals surface area (Å²) >= 11 is 0. The molecule has 11 nitrogen and oxygen atoms in total. The summed E-state index contributed by atoms with van der Waals surface area (Å²) in [5.41, 5.74) is 0. The van der Waals surface area contributed by atoms with Crippen molar-refractivity contribution in [2.45, 2.75) is 365 Å². The van der Waals surface area contributed by atoms with Gasteiger partial charge in [-0.1, -0.05) is 296 Å². The molecular formula is C63H121NO10. The fourth-order valence-corrected chi connectivity index (χ4v) is 10.4. The zero-order valence-electron chi connectivity index (χ0n) is 48.5. The largest absolute Gasteiger partial charge is 0.454 e. The van der Waals surface area contributed by atoms with Gasteiger partial charge in [0.05, 0.1) is 25.4 Å². The Balaban J connectivity index is 2.65. The minimum Gasteiger partial charge on any atom is -0.454 e. The topological polar surface area (TPSA) is 175 Å². The van der Waals surface area contributed by atoms with Crippen LogP contribution < -0.4 is 5.32 Å². The van der Waals surface area contributed by atoms with E-state index in [1.54, 1.807) is 6.08 Å². The van der Waals surface area contributed by atoms with E-state index in [4.69, 9.17) is 14.2 Å². The first kappa shape index (κ1) is 70.4. The standard InChI is InChI=1S/C63H121NO10/c1-4-7-10-13-16-19-22-25-27-28-29-31-32-35-38-41-44-47-50-56(67)62(71)64-54(55(66)49-46-43-40-37-34-24-21-18-15-12-9-6-3)53-72-63-61(60(70)59(69)57(52-65)73-63)74-58(68)51-48-45-42-39-36-33-30-26-23-20-17-14-11-8-5-2/h46,49,54-57,59-61,63,65-67,69-70H,4-45,47-48,50-53H2,1-3H3,(H,64,71)/b49-46+. The molecule has 74 heavy (non-hydrogen) atoms. The van der Waals surface area contributed by atoms with E-state index in [1.807, 2.05) is 6.08 Å². The van der Waals surface area contributed by atoms with Gasteiger partial charge < -0.3 is 45.1 Å². The highest BCUT2D eigenvalue weighted by atomic mass is 16.7. The molecule has 6 N–H and O–H groups in total. The molecule has 1 heterocycles. The number of hydrogen-bond donors (Lipinski definition) is 6. The predicted molar refractivity (Wildman–Crippen MR) is 306 cm³/mol. The Kier molecular flexibility index (Phi) is 49.6. The van der Waals surface area contributed by atoms with E-state index in [1.165, 1.54) is 212 Å². The lowest BCUT2D eigenvalue weighted by Crippen LogP contribution is -2.61. The molecular weight excluding hydrogens is 931 g/mol. The molecule has 0 spiro atoms. The molecule has 0 aliphatic carbocycles. The third kappa shape index (κ3) is 39.7. The number of ether oxygens (including phenoxy) is 3. The van der Waals surface area contributed by atoms with Crippen molar-refractivity contribution < 1.29 is 49.3 Å². The van der Waals surface area contributed by atoms with Crippen LogP contribution in [0.1, 0.15) is 316 Å². The Morgan fingerprint density at radius 1 is 0.514 bits per heavy atom. The lowest BCUT2D eigenvalue weighted by Gasteiger charge is -2.41. The van der Waals surface area contributed by atoms with Crippen LogP contribution in [0.3, 0.4) is 0 Å². The van der Waals surface area contributed by atoms with E-state index in [9.17, 15) is 35.1 Å². The van der Waals surface area contributed by atoms with Crippen LogP contribution >= 0.6 is 0 Å². The van der Waals surface area contributed by atoms with Crippen LogP contribution in [0.15, 0.2) is 12.2 Å². The number of unbranched alkanes of at least 4 members (excludes halogenated alkanes) is 41. The smallest absolute Gasteiger partial charge is 0.306 e.